The van der Waals surface area contributed by atoms with Crippen LogP contribution in [0.4, 0.5) is 0 Å². The van der Waals surface area contributed by atoms with Crippen LogP contribution < -0.4 is 0 Å². The van der Waals surface area contributed by atoms with Crippen LogP contribution in [0, 0.1) is 0 Å². The molecular formula is C9H2Cl4O2. The van der Waals surface area contributed by atoms with E-state index < -0.39 is 0 Å². The molecule has 0 atom stereocenters. The largest absolute Gasteiger partial charge is 0.294 e. The summed E-state index contributed by atoms with van der Waals surface area (Å²) < 4.78 is 0. The number of ketones is 2. The van der Waals surface area contributed by atoms with Crippen molar-refractivity contribution >= 4 is 58.0 Å². The maximum absolute atomic E-state index is 11.4. The lowest BCUT2D eigenvalue weighted by Gasteiger charge is -2.07. The van der Waals surface area contributed by atoms with Gasteiger partial charge in [0.2, 0.25) is 0 Å². The first-order valence-corrected chi connectivity index (χ1v) is 5.38. The molecule has 1 aliphatic rings. The number of halogens is 4. The van der Waals surface area contributed by atoms with E-state index >= 15 is 0 Å². The van der Waals surface area contributed by atoms with E-state index in [0.29, 0.717) is 0 Å². The van der Waals surface area contributed by atoms with E-state index in [4.69, 9.17) is 46.4 Å². The summed E-state index contributed by atoms with van der Waals surface area (Å²) in [5.41, 5.74) is 0.169. The second kappa shape index (κ2) is 3.63. The molecular weight excluding hydrogens is 282 g/mol. The van der Waals surface area contributed by atoms with Gasteiger partial charge in [0.15, 0.2) is 11.6 Å². The van der Waals surface area contributed by atoms with Gasteiger partial charge in [-0.2, -0.15) is 0 Å². The van der Waals surface area contributed by atoms with E-state index in [2.05, 4.69) is 0 Å². The Morgan fingerprint density at radius 3 is 1.33 bits per heavy atom. The molecule has 2 rings (SSSR count). The standard InChI is InChI=1S/C9H2Cl4O2/c10-6-4-2(14)1-3(15)5(4)7(11)9(13)8(6)12/h1H2. The molecule has 78 valence electrons. The number of carbonyl (C=O) groups is 2. The third-order valence-electron chi connectivity index (χ3n) is 2.15. The first-order valence-electron chi connectivity index (χ1n) is 3.87. The van der Waals surface area contributed by atoms with Crippen LogP contribution in [-0.4, -0.2) is 11.6 Å². The van der Waals surface area contributed by atoms with E-state index in [9.17, 15) is 9.59 Å². The number of hydrogen-bond donors (Lipinski definition) is 0. The van der Waals surface area contributed by atoms with Gasteiger partial charge >= 0.3 is 0 Å². The van der Waals surface area contributed by atoms with Crippen LogP contribution >= 0.6 is 46.4 Å². The molecule has 0 radical (unpaired) electrons. The van der Waals surface area contributed by atoms with E-state index in [0.717, 1.165) is 0 Å². The van der Waals surface area contributed by atoms with Crippen LogP contribution in [0.1, 0.15) is 27.1 Å². The number of benzene rings is 1. The van der Waals surface area contributed by atoms with E-state index in [1.54, 1.807) is 0 Å². The van der Waals surface area contributed by atoms with Crippen molar-refractivity contribution in [3.8, 4) is 0 Å². The lowest BCUT2D eigenvalue weighted by atomic mass is 10.1. The highest BCUT2D eigenvalue weighted by Gasteiger charge is 2.35. The maximum atomic E-state index is 11.4. The molecule has 15 heavy (non-hydrogen) atoms. The average Bonchev–Trinajstić information content (AvgIpc) is 2.47. The summed E-state index contributed by atoms with van der Waals surface area (Å²) in [5.74, 6) is -0.749. The zero-order valence-corrected chi connectivity index (χ0v) is 10.1. The van der Waals surface area contributed by atoms with Crippen molar-refractivity contribution in [1.82, 2.24) is 0 Å². The monoisotopic (exact) mass is 282 g/mol. The molecule has 0 fully saturated rings. The van der Waals surface area contributed by atoms with Crippen LogP contribution in [0.15, 0.2) is 0 Å². The van der Waals surface area contributed by atoms with Gasteiger partial charge < -0.3 is 0 Å². The highest BCUT2D eigenvalue weighted by molar-refractivity contribution is 6.55. The predicted octanol–water partition coefficient (Wildman–Crippen LogP) is 4.07. The first-order chi connectivity index (χ1) is 6.95. The van der Waals surface area contributed by atoms with Crippen LogP contribution in [0.2, 0.25) is 20.1 Å². The summed E-state index contributed by atoms with van der Waals surface area (Å²) in [4.78, 5) is 22.9. The molecule has 0 aromatic heterocycles. The Morgan fingerprint density at radius 1 is 0.667 bits per heavy atom. The van der Waals surface area contributed by atoms with Crippen molar-refractivity contribution in [1.29, 1.82) is 0 Å². The summed E-state index contributed by atoms with van der Waals surface area (Å²) in [7, 11) is 0. The normalized spacial score (nSPS) is 14.7. The molecule has 0 saturated heterocycles. The minimum absolute atomic E-state index is 0.00285. The second-order valence-corrected chi connectivity index (χ2v) is 4.54. The number of Topliss-reactive ketones (excluding diaryl/α,β-unsaturated/α-hetero) is 2. The van der Waals surface area contributed by atoms with Gasteiger partial charge in [-0.3, -0.25) is 9.59 Å². The van der Waals surface area contributed by atoms with Gasteiger partial charge in [-0.25, -0.2) is 0 Å². The van der Waals surface area contributed by atoms with Crippen molar-refractivity contribution in [3.63, 3.8) is 0 Å². The third kappa shape index (κ3) is 1.48. The van der Waals surface area contributed by atoms with E-state index in [-0.39, 0.29) is 49.2 Å². The highest BCUT2D eigenvalue weighted by atomic mass is 35.5. The Morgan fingerprint density at radius 2 is 1.00 bits per heavy atom. The molecule has 1 aromatic carbocycles. The van der Waals surface area contributed by atoms with Crippen molar-refractivity contribution in [2.24, 2.45) is 0 Å². The van der Waals surface area contributed by atoms with Crippen LogP contribution in [-0.2, 0) is 0 Å². The number of hydrogen-bond acceptors (Lipinski definition) is 2. The second-order valence-electron chi connectivity index (χ2n) is 3.03. The minimum Gasteiger partial charge on any atom is -0.294 e. The summed E-state index contributed by atoms with van der Waals surface area (Å²) in [6.07, 6.45) is -0.231. The summed E-state index contributed by atoms with van der Waals surface area (Å²) >= 11 is 23.2. The molecule has 0 N–H and O–H groups in total. The fraction of sp³-hybridized carbons (Fsp3) is 0.111. The quantitative estimate of drug-likeness (QED) is 0.409. The fourth-order valence-corrected chi connectivity index (χ4v) is 2.54. The SMILES string of the molecule is O=C1CC(=O)c2c(Cl)c(Cl)c(Cl)c(Cl)c21. The number of rotatable bonds is 0. The van der Waals surface area contributed by atoms with Crippen LogP contribution in [0.3, 0.4) is 0 Å². The van der Waals surface area contributed by atoms with Crippen LogP contribution in [0.5, 0.6) is 0 Å². The van der Waals surface area contributed by atoms with Crippen molar-refractivity contribution < 1.29 is 9.59 Å². The number of carbonyl (C=O) groups excluding carboxylic acids is 2. The Labute approximate surface area is 105 Å². The first kappa shape index (κ1) is 11.2. The molecule has 0 aliphatic heterocycles. The molecule has 0 saturated carbocycles. The summed E-state index contributed by atoms with van der Waals surface area (Å²) in [5, 5.41) is 0.00380. The average molecular weight is 284 g/mol. The molecule has 0 bridgehead atoms. The maximum Gasteiger partial charge on any atom is 0.172 e. The van der Waals surface area contributed by atoms with Gasteiger partial charge in [-0.1, -0.05) is 46.4 Å². The van der Waals surface area contributed by atoms with E-state index in [1.165, 1.54) is 0 Å². The van der Waals surface area contributed by atoms with Crippen molar-refractivity contribution in [2.75, 3.05) is 0 Å². The Kier molecular flexibility index (Phi) is 2.72. The third-order valence-corrected chi connectivity index (χ3v) is 3.95. The van der Waals surface area contributed by atoms with Crippen LogP contribution in [0.25, 0.3) is 0 Å². The van der Waals surface area contributed by atoms with Gasteiger partial charge in [0.1, 0.15) is 0 Å². The lowest BCUT2D eigenvalue weighted by Crippen LogP contribution is -1.95. The van der Waals surface area contributed by atoms with E-state index in [1.807, 2.05) is 0 Å². The topological polar surface area (TPSA) is 34.1 Å². The Bertz CT molecular complexity index is 463. The number of fused-ring (bicyclic) bond motifs is 1. The Hall–Kier alpha value is -0.280. The molecule has 0 unspecified atom stereocenters. The van der Waals surface area contributed by atoms with Gasteiger partial charge in [-0.05, 0) is 0 Å². The zero-order chi connectivity index (χ0) is 11.3. The van der Waals surface area contributed by atoms with Gasteiger partial charge in [0, 0.05) is 0 Å². The molecule has 1 aliphatic carbocycles. The molecule has 0 spiro atoms. The predicted molar refractivity (Wildman–Crippen MR) is 59.8 cm³/mol. The summed E-state index contributed by atoms with van der Waals surface area (Å²) in [6, 6.07) is 0. The van der Waals surface area contributed by atoms with Gasteiger partial charge in [-0.15, -0.1) is 0 Å². The summed E-state index contributed by atoms with van der Waals surface area (Å²) in [6.45, 7) is 0. The molecule has 2 nitrogen and oxygen atoms in total. The van der Waals surface area contributed by atoms with Crippen molar-refractivity contribution in [3.05, 3.63) is 31.2 Å². The molecule has 0 heterocycles. The molecule has 6 heteroatoms. The Balaban J connectivity index is 2.92. The van der Waals surface area contributed by atoms with Gasteiger partial charge in [0.25, 0.3) is 0 Å². The van der Waals surface area contributed by atoms with Gasteiger partial charge in [0.05, 0.1) is 37.6 Å². The zero-order valence-electron chi connectivity index (χ0n) is 7.04. The fourth-order valence-electron chi connectivity index (χ4n) is 1.48. The molecule has 0 amide bonds. The van der Waals surface area contributed by atoms with Crippen molar-refractivity contribution in [2.45, 2.75) is 6.42 Å². The minimum atomic E-state index is -0.375. The highest BCUT2D eigenvalue weighted by Crippen LogP contribution is 2.44. The smallest absolute Gasteiger partial charge is 0.172 e. The lowest BCUT2D eigenvalue weighted by molar-refractivity contribution is 0.0923. The molecule has 1 aromatic rings.